The highest BCUT2D eigenvalue weighted by molar-refractivity contribution is 9.10. The Kier molecular flexibility index (Phi) is 4.35. The van der Waals surface area contributed by atoms with Crippen molar-refractivity contribution < 1.29 is 13.2 Å². The number of hydrogen-bond donors (Lipinski definition) is 1. The molecule has 0 unspecified atom stereocenters. The van der Waals surface area contributed by atoms with E-state index in [1.165, 1.54) is 12.1 Å². The third kappa shape index (κ3) is 3.52. The van der Waals surface area contributed by atoms with Gasteiger partial charge in [-0.05, 0) is 24.3 Å². The first kappa shape index (κ1) is 14.9. The van der Waals surface area contributed by atoms with Crippen LogP contribution in [0, 0.1) is 0 Å². The van der Waals surface area contributed by atoms with Crippen LogP contribution in [0.15, 0.2) is 51.8 Å². The Balaban J connectivity index is 2.17. The molecule has 0 aromatic heterocycles. The summed E-state index contributed by atoms with van der Waals surface area (Å²) in [6.45, 7) is 0.351. The van der Waals surface area contributed by atoms with E-state index in [1.54, 1.807) is 6.07 Å². The molecule has 0 heterocycles. The molecule has 2 rings (SSSR count). The van der Waals surface area contributed by atoms with Gasteiger partial charge in [0, 0.05) is 16.3 Å². The fraction of sp³-hybridized carbons (Fsp3) is 0.143. The minimum absolute atomic E-state index is 0.184. The molecule has 0 aliphatic rings. The van der Waals surface area contributed by atoms with Crippen molar-refractivity contribution in [3.8, 4) is 5.75 Å². The van der Waals surface area contributed by atoms with Gasteiger partial charge in [-0.15, -0.1) is 0 Å². The highest BCUT2D eigenvalue weighted by Crippen LogP contribution is 2.26. The molecule has 2 aromatic rings. The minimum Gasteiger partial charge on any atom is -0.487 e. The van der Waals surface area contributed by atoms with E-state index >= 15 is 0 Å². The average molecular weight is 356 g/mol. The minimum atomic E-state index is -3.26. The topological polar surface area (TPSA) is 69.4 Å². The van der Waals surface area contributed by atoms with E-state index in [0.29, 0.717) is 18.0 Å². The average Bonchev–Trinajstić information content (AvgIpc) is 2.38. The number of ether oxygens (including phenoxy) is 1. The van der Waals surface area contributed by atoms with Crippen LogP contribution in [0.1, 0.15) is 5.56 Å². The van der Waals surface area contributed by atoms with Crippen LogP contribution >= 0.6 is 15.9 Å². The summed E-state index contributed by atoms with van der Waals surface area (Å²) in [5.74, 6) is 0.466. The van der Waals surface area contributed by atoms with Gasteiger partial charge >= 0.3 is 0 Å². The predicted octanol–water partition coefficient (Wildman–Crippen LogP) is 3.01. The maximum Gasteiger partial charge on any atom is 0.175 e. The smallest absolute Gasteiger partial charge is 0.175 e. The zero-order valence-corrected chi connectivity index (χ0v) is 13.2. The summed E-state index contributed by atoms with van der Waals surface area (Å²) in [4.78, 5) is 0.184. The molecular weight excluding hydrogens is 342 g/mol. The zero-order chi connectivity index (χ0) is 14.8. The molecule has 0 amide bonds. The monoisotopic (exact) mass is 355 g/mol. The highest BCUT2D eigenvalue weighted by atomic mass is 79.9. The van der Waals surface area contributed by atoms with Crippen molar-refractivity contribution in [3.05, 3.63) is 52.5 Å². The van der Waals surface area contributed by atoms with Crippen LogP contribution in [0.4, 0.5) is 5.69 Å². The predicted molar refractivity (Wildman–Crippen MR) is 82.4 cm³/mol. The van der Waals surface area contributed by atoms with Crippen LogP contribution in [0.25, 0.3) is 0 Å². The van der Waals surface area contributed by atoms with Gasteiger partial charge in [0.1, 0.15) is 12.4 Å². The van der Waals surface area contributed by atoms with Crippen molar-refractivity contribution >= 4 is 31.5 Å². The molecule has 106 valence electrons. The number of benzene rings is 2. The summed E-state index contributed by atoms with van der Waals surface area (Å²) in [7, 11) is -3.26. The van der Waals surface area contributed by atoms with E-state index < -0.39 is 9.84 Å². The summed E-state index contributed by atoms with van der Waals surface area (Å²) in [6, 6.07) is 12.2. The summed E-state index contributed by atoms with van der Waals surface area (Å²) in [5.41, 5.74) is 7.11. The molecule has 0 atom stereocenters. The van der Waals surface area contributed by atoms with Crippen LogP contribution in [0.2, 0.25) is 0 Å². The number of halogens is 1. The largest absolute Gasteiger partial charge is 0.487 e. The SMILES string of the molecule is CS(=O)(=O)c1ccc(OCc2ccccc2Br)c(N)c1. The van der Waals surface area contributed by atoms with Crippen molar-refractivity contribution in [1.29, 1.82) is 0 Å². The molecule has 0 saturated carbocycles. The van der Waals surface area contributed by atoms with Crippen molar-refractivity contribution in [2.45, 2.75) is 11.5 Å². The summed E-state index contributed by atoms with van der Waals surface area (Å²) < 4.78 is 29.4. The van der Waals surface area contributed by atoms with Crippen LogP contribution in [-0.4, -0.2) is 14.7 Å². The molecule has 0 aliphatic heterocycles. The molecule has 4 nitrogen and oxygen atoms in total. The Bertz CT molecular complexity index is 729. The van der Waals surface area contributed by atoms with Crippen molar-refractivity contribution in [3.63, 3.8) is 0 Å². The molecule has 6 heteroatoms. The molecule has 20 heavy (non-hydrogen) atoms. The van der Waals surface area contributed by atoms with Crippen LogP contribution in [0.3, 0.4) is 0 Å². The van der Waals surface area contributed by atoms with Gasteiger partial charge in [0.15, 0.2) is 9.84 Å². The van der Waals surface area contributed by atoms with Gasteiger partial charge in [-0.25, -0.2) is 8.42 Å². The van der Waals surface area contributed by atoms with Gasteiger partial charge < -0.3 is 10.5 Å². The second-order valence-electron chi connectivity index (χ2n) is 4.35. The van der Waals surface area contributed by atoms with Gasteiger partial charge in [-0.1, -0.05) is 34.1 Å². The van der Waals surface area contributed by atoms with Crippen LogP contribution in [0.5, 0.6) is 5.75 Å². The van der Waals surface area contributed by atoms with E-state index in [1.807, 2.05) is 24.3 Å². The third-order valence-electron chi connectivity index (χ3n) is 2.75. The van der Waals surface area contributed by atoms with E-state index in [0.717, 1.165) is 16.3 Å². The fourth-order valence-corrected chi connectivity index (χ4v) is 2.72. The Morgan fingerprint density at radius 1 is 1.20 bits per heavy atom. The van der Waals surface area contributed by atoms with Crippen molar-refractivity contribution in [2.75, 3.05) is 12.0 Å². The standard InChI is InChI=1S/C14H14BrNO3S/c1-20(17,18)11-6-7-14(13(16)8-11)19-9-10-4-2-3-5-12(10)15/h2-8H,9,16H2,1H3. The Labute approximate surface area is 126 Å². The van der Waals surface area contributed by atoms with Crippen LogP contribution in [-0.2, 0) is 16.4 Å². The lowest BCUT2D eigenvalue weighted by Gasteiger charge is -2.11. The molecule has 0 fully saturated rings. The van der Waals surface area contributed by atoms with Crippen molar-refractivity contribution in [1.82, 2.24) is 0 Å². The highest BCUT2D eigenvalue weighted by Gasteiger charge is 2.10. The lowest BCUT2D eigenvalue weighted by molar-refractivity contribution is 0.307. The maximum atomic E-state index is 11.4. The molecule has 0 aliphatic carbocycles. The molecule has 0 radical (unpaired) electrons. The Hall–Kier alpha value is -1.53. The van der Waals surface area contributed by atoms with Crippen LogP contribution < -0.4 is 10.5 Å². The first-order valence-corrected chi connectivity index (χ1v) is 8.52. The molecule has 2 aromatic carbocycles. The number of rotatable bonds is 4. The summed E-state index contributed by atoms with van der Waals surface area (Å²) in [6.07, 6.45) is 1.14. The quantitative estimate of drug-likeness (QED) is 0.855. The number of anilines is 1. The molecule has 0 bridgehead atoms. The zero-order valence-electron chi connectivity index (χ0n) is 10.8. The van der Waals surface area contributed by atoms with E-state index in [9.17, 15) is 8.42 Å². The maximum absolute atomic E-state index is 11.4. The number of sulfone groups is 1. The fourth-order valence-electron chi connectivity index (χ4n) is 1.66. The summed E-state index contributed by atoms with van der Waals surface area (Å²) in [5, 5.41) is 0. The van der Waals surface area contributed by atoms with Gasteiger partial charge in [-0.3, -0.25) is 0 Å². The molecule has 0 spiro atoms. The number of nitrogen functional groups attached to an aromatic ring is 1. The summed E-state index contributed by atoms with van der Waals surface area (Å²) >= 11 is 3.44. The van der Waals surface area contributed by atoms with Gasteiger partial charge in [-0.2, -0.15) is 0 Å². The molecule has 2 N–H and O–H groups in total. The third-order valence-corrected chi connectivity index (χ3v) is 4.63. The first-order valence-electron chi connectivity index (χ1n) is 5.84. The first-order chi connectivity index (χ1) is 9.38. The Morgan fingerprint density at radius 3 is 2.50 bits per heavy atom. The van der Waals surface area contributed by atoms with Crippen molar-refractivity contribution in [2.24, 2.45) is 0 Å². The van der Waals surface area contributed by atoms with E-state index in [-0.39, 0.29) is 4.90 Å². The second-order valence-corrected chi connectivity index (χ2v) is 7.22. The van der Waals surface area contributed by atoms with Gasteiger partial charge in [0.2, 0.25) is 0 Å². The molecule has 0 saturated heterocycles. The van der Waals surface area contributed by atoms with E-state index in [2.05, 4.69) is 15.9 Å². The second kappa shape index (κ2) is 5.85. The van der Waals surface area contributed by atoms with Gasteiger partial charge in [0.25, 0.3) is 0 Å². The number of nitrogens with two attached hydrogens (primary N) is 1. The lowest BCUT2D eigenvalue weighted by Crippen LogP contribution is -2.02. The Morgan fingerprint density at radius 2 is 1.90 bits per heavy atom. The normalized spacial score (nSPS) is 11.3. The van der Waals surface area contributed by atoms with Gasteiger partial charge in [0.05, 0.1) is 10.6 Å². The number of hydrogen-bond acceptors (Lipinski definition) is 4. The molecular formula is C14H14BrNO3S. The lowest BCUT2D eigenvalue weighted by atomic mass is 10.2. The van der Waals surface area contributed by atoms with E-state index in [4.69, 9.17) is 10.5 Å².